The van der Waals surface area contributed by atoms with Crippen LogP contribution in [0.5, 0.6) is 0 Å². The van der Waals surface area contributed by atoms with E-state index in [1.165, 1.54) is 38.8 Å². The molecule has 0 radical (unpaired) electrons. The number of piperidine rings is 1. The lowest BCUT2D eigenvalue weighted by Gasteiger charge is -2.31. The molecule has 116 valence electrons. The Hall–Kier alpha value is -0.610. The lowest BCUT2D eigenvalue weighted by Crippen LogP contribution is -2.40. The van der Waals surface area contributed by atoms with Crippen molar-refractivity contribution in [2.75, 3.05) is 33.2 Å². The first-order valence-electron chi connectivity index (χ1n) is 8.35. The molecule has 2 fully saturated rings. The van der Waals surface area contributed by atoms with Crippen molar-refractivity contribution >= 4 is 5.91 Å². The molecule has 3 N–H and O–H groups in total. The Balaban J connectivity index is 1.68. The van der Waals surface area contributed by atoms with Crippen LogP contribution in [0.15, 0.2) is 0 Å². The summed E-state index contributed by atoms with van der Waals surface area (Å²) >= 11 is 0. The summed E-state index contributed by atoms with van der Waals surface area (Å²) in [4.78, 5) is 14.7. The van der Waals surface area contributed by atoms with Crippen molar-refractivity contribution in [3.63, 3.8) is 0 Å². The van der Waals surface area contributed by atoms with E-state index < -0.39 is 0 Å². The predicted molar refractivity (Wildman–Crippen MR) is 82.4 cm³/mol. The molecule has 2 rings (SSSR count). The molecule has 1 aliphatic heterocycles. The average Bonchev–Trinajstić information content (AvgIpc) is 2.47. The largest absolute Gasteiger partial charge is 0.356 e. The van der Waals surface area contributed by atoms with Crippen molar-refractivity contribution in [3.05, 3.63) is 0 Å². The first-order chi connectivity index (χ1) is 9.69. The Bertz CT molecular complexity index is 298. The highest BCUT2D eigenvalue weighted by Gasteiger charge is 2.27. The summed E-state index contributed by atoms with van der Waals surface area (Å²) in [6.45, 7) is 3.98. The van der Waals surface area contributed by atoms with E-state index in [9.17, 15) is 4.79 Å². The van der Waals surface area contributed by atoms with Crippen LogP contribution in [0.2, 0.25) is 0 Å². The maximum Gasteiger partial charge on any atom is 0.223 e. The van der Waals surface area contributed by atoms with Gasteiger partial charge in [0, 0.05) is 12.5 Å². The van der Waals surface area contributed by atoms with E-state index in [1.807, 2.05) is 0 Å². The highest BCUT2D eigenvalue weighted by Crippen LogP contribution is 2.31. The van der Waals surface area contributed by atoms with Crippen molar-refractivity contribution in [2.24, 2.45) is 23.5 Å². The summed E-state index contributed by atoms with van der Waals surface area (Å²) < 4.78 is 0. The van der Waals surface area contributed by atoms with E-state index in [-0.39, 0.29) is 5.92 Å². The van der Waals surface area contributed by atoms with E-state index in [1.54, 1.807) is 0 Å². The average molecular weight is 281 g/mol. The molecule has 2 unspecified atom stereocenters. The second-order valence-corrected chi connectivity index (χ2v) is 6.80. The van der Waals surface area contributed by atoms with Gasteiger partial charge in [-0.2, -0.15) is 0 Å². The van der Waals surface area contributed by atoms with Crippen molar-refractivity contribution < 1.29 is 4.79 Å². The number of nitrogens with two attached hydrogens (primary N) is 1. The number of hydrogen-bond acceptors (Lipinski definition) is 3. The highest BCUT2D eigenvalue weighted by atomic mass is 16.1. The molecule has 1 saturated heterocycles. The summed E-state index contributed by atoms with van der Waals surface area (Å²) in [5.74, 6) is 1.89. The number of carbonyl (C=O) groups is 1. The third-order valence-corrected chi connectivity index (χ3v) is 5.13. The van der Waals surface area contributed by atoms with Gasteiger partial charge in [0.1, 0.15) is 0 Å². The highest BCUT2D eigenvalue weighted by molar-refractivity contribution is 5.78. The Labute approximate surface area is 123 Å². The van der Waals surface area contributed by atoms with E-state index in [4.69, 9.17) is 5.73 Å². The molecule has 0 bridgehead atoms. The summed E-state index contributed by atoms with van der Waals surface area (Å²) in [6, 6.07) is 0. The maximum atomic E-state index is 12.3. The first kappa shape index (κ1) is 15.8. The van der Waals surface area contributed by atoms with E-state index >= 15 is 0 Å². The molecule has 1 saturated carbocycles. The number of hydrogen-bond donors (Lipinski definition) is 2. The van der Waals surface area contributed by atoms with Crippen LogP contribution in [-0.2, 0) is 4.79 Å². The molecule has 2 aliphatic rings. The molecular formula is C16H31N3O. The van der Waals surface area contributed by atoms with Crippen LogP contribution in [0.3, 0.4) is 0 Å². The van der Waals surface area contributed by atoms with Crippen LogP contribution < -0.4 is 11.1 Å². The van der Waals surface area contributed by atoms with E-state index in [0.717, 1.165) is 32.4 Å². The SMILES string of the molecule is CN1CCC(CNC(=O)C2CCCC(CCN)C2)CC1. The fraction of sp³-hybridized carbons (Fsp3) is 0.938. The molecule has 4 nitrogen and oxygen atoms in total. The lowest BCUT2D eigenvalue weighted by atomic mass is 9.79. The Morgan fingerprint density at radius 1 is 1.20 bits per heavy atom. The molecule has 4 heteroatoms. The van der Waals surface area contributed by atoms with Gasteiger partial charge in [-0.15, -0.1) is 0 Å². The van der Waals surface area contributed by atoms with Crippen molar-refractivity contribution in [1.29, 1.82) is 0 Å². The molecule has 0 spiro atoms. The molecular weight excluding hydrogens is 250 g/mol. The van der Waals surface area contributed by atoms with Crippen LogP contribution in [0.1, 0.15) is 44.9 Å². The summed E-state index contributed by atoms with van der Waals surface area (Å²) in [6.07, 6.45) is 8.09. The Kier molecular flexibility index (Phi) is 6.30. The minimum Gasteiger partial charge on any atom is -0.356 e. The molecule has 1 amide bonds. The zero-order valence-electron chi connectivity index (χ0n) is 12.9. The molecule has 0 aromatic heterocycles. The monoisotopic (exact) mass is 281 g/mol. The zero-order chi connectivity index (χ0) is 14.4. The quantitative estimate of drug-likeness (QED) is 0.805. The molecule has 0 aromatic rings. The molecule has 1 heterocycles. The Morgan fingerprint density at radius 3 is 2.65 bits per heavy atom. The van der Waals surface area contributed by atoms with Gasteiger partial charge in [0.05, 0.1) is 0 Å². The minimum absolute atomic E-state index is 0.242. The number of likely N-dealkylation sites (tertiary alicyclic amines) is 1. The molecule has 0 aromatic carbocycles. The normalized spacial score (nSPS) is 29.3. The van der Waals surface area contributed by atoms with Crippen molar-refractivity contribution in [2.45, 2.75) is 44.9 Å². The van der Waals surface area contributed by atoms with Crippen LogP contribution in [-0.4, -0.2) is 44.0 Å². The molecule has 20 heavy (non-hydrogen) atoms. The van der Waals surface area contributed by atoms with E-state index in [2.05, 4.69) is 17.3 Å². The first-order valence-corrected chi connectivity index (χ1v) is 8.35. The second-order valence-electron chi connectivity index (χ2n) is 6.80. The van der Waals surface area contributed by atoms with Crippen molar-refractivity contribution in [3.8, 4) is 0 Å². The molecule has 2 atom stereocenters. The fourth-order valence-corrected chi connectivity index (χ4v) is 3.68. The second kappa shape index (κ2) is 7.99. The predicted octanol–water partition coefficient (Wildman–Crippen LogP) is 1.60. The topological polar surface area (TPSA) is 58.4 Å². The van der Waals surface area contributed by atoms with Gasteiger partial charge in [0.2, 0.25) is 5.91 Å². The van der Waals surface area contributed by atoms with Gasteiger partial charge < -0.3 is 16.0 Å². The van der Waals surface area contributed by atoms with Gasteiger partial charge in [-0.3, -0.25) is 4.79 Å². The third-order valence-electron chi connectivity index (χ3n) is 5.13. The smallest absolute Gasteiger partial charge is 0.223 e. The van der Waals surface area contributed by atoms with Gasteiger partial charge >= 0.3 is 0 Å². The third kappa shape index (κ3) is 4.74. The Morgan fingerprint density at radius 2 is 1.95 bits per heavy atom. The number of amides is 1. The number of nitrogens with one attached hydrogen (secondary N) is 1. The lowest BCUT2D eigenvalue weighted by molar-refractivity contribution is -0.126. The minimum atomic E-state index is 0.242. The van der Waals surface area contributed by atoms with Crippen LogP contribution in [0.4, 0.5) is 0 Å². The van der Waals surface area contributed by atoms with Gasteiger partial charge in [0.15, 0.2) is 0 Å². The van der Waals surface area contributed by atoms with Crippen molar-refractivity contribution in [1.82, 2.24) is 10.2 Å². The van der Waals surface area contributed by atoms with Gasteiger partial charge in [-0.25, -0.2) is 0 Å². The number of nitrogens with zero attached hydrogens (tertiary/aromatic N) is 1. The van der Waals surface area contributed by atoms with Gasteiger partial charge in [-0.1, -0.05) is 12.8 Å². The number of rotatable bonds is 5. The van der Waals surface area contributed by atoms with E-state index in [0.29, 0.717) is 17.7 Å². The fourth-order valence-electron chi connectivity index (χ4n) is 3.68. The van der Waals surface area contributed by atoms with Crippen LogP contribution in [0.25, 0.3) is 0 Å². The zero-order valence-corrected chi connectivity index (χ0v) is 12.9. The summed E-state index contributed by atoms with van der Waals surface area (Å²) in [5.41, 5.74) is 5.64. The maximum absolute atomic E-state index is 12.3. The standard InChI is InChI=1S/C16H31N3O/c1-19-9-6-14(7-10-19)12-18-16(20)15-4-2-3-13(11-15)5-8-17/h13-15H,2-12,17H2,1H3,(H,18,20). The van der Waals surface area contributed by atoms with Crippen LogP contribution in [0, 0.1) is 17.8 Å². The van der Waals surface area contributed by atoms with Crippen LogP contribution >= 0.6 is 0 Å². The summed E-state index contributed by atoms with van der Waals surface area (Å²) in [5, 5.41) is 3.21. The molecule has 1 aliphatic carbocycles. The van der Waals surface area contributed by atoms with Gasteiger partial charge in [-0.05, 0) is 70.6 Å². The van der Waals surface area contributed by atoms with Gasteiger partial charge in [0.25, 0.3) is 0 Å². The summed E-state index contributed by atoms with van der Waals surface area (Å²) in [7, 11) is 2.18. The number of carbonyl (C=O) groups excluding carboxylic acids is 1.